The number of hydrogen-bond acceptors (Lipinski definition) is 2. The first-order chi connectivity index (χ1) is 8.79. The number of hydrogen-bond donors (Lipinski definition) is 0. The largest absolute Gasteiger partial charge is 0.364 e. The summed E-state index contributed by atoms with van der Waals surface area (Å²) in [5, 5.41) is 0. The molecule has 0 amide bonds. The summed E-state index contributed by atoms with van der Waals surface area (Å²) in [6, 6.07) is 9.68. The molecule has 2 saturated heterocycles. The summed E-state index contributed by atoms with van der Waals surface area (Å²) in [4.78, 5) is 14.2. The minimum absolute atomic E-state index is 0.465. The average molecular weight is 243 g/mol. The molecule has 2 bridgehead atoms. The van der Waals surface area contributed by atoms with E-state index >= 15 is 0 Å². The van der Waals surface area contributed by atoms with Gasteiger partial charge in [-0.25, -0.2) is 0 Å². The van der Waals surface area contributed by atoms with E-state index in [4.69, 9.17) is 0 Å². The Kier molecular flexibility index (Phi) is 3.11. The molecule has 0 aromatic heterocycles. The highest BCUT2D eigenvalue weighted by atomic mass is 16.1. The maximum atomic E-state index is 11.7. The van der Waals surface area contributed by atoms with Crippen LogP contribution in [0.4, 0.5) is 5.69 Å². The molecule has 18 heavy (non-hydrogen) atoms. The van der Waals surface area contributed by atoms with E-state index in [0.717, 1.165) is 19.3 Å². The highest BCUT2D eigenvalue weighted by Gasteiger charge is 2.40. The molecule has 2 aliphatic rings. The SMILES string of the molecule is CCCc1ccccc1N1C2CCC1CC(=O)C2. The Balaban J connectivity index is 1.93. The molecule has 2 fully saturated rings. The maximum absolute atomic E-state index is 11.7. The predicted molar refractivity (Wildman–Crippen MR) is 74.0 cm³/mol. The molecule has 2 aliphatic heterocycles. The number of aryl methyl sites for hydroxylation is 1. The number of carbonyl (C=O) groups excluding carboxylic acids is 1. The van der Waals surface area contributed by atoms with E-state index in [1.807, 2.05) is 0 Å². The van der Waals surface area contributed by atoms with Gasteiger partial charge < -0.3 is 4.90 Å². The molecule has 3 rings (SSSR count). The van der Waals surface area contributed by atoms with Gasteiger partial charge in [-0.1, -0.05) is 31.5 Å². The van der Waals surface area contributed by atoms with Crippen molar-refractivity contribution in [2.24, 2.45) is 0 Å². The van der Waals surface area contributed by atoms with E-state index < -0.39 is 0 Å². The van der Waals surface area contributed by atoms with Gasteiger partial charge in [-0.05, 0) is 30.9 Å². The van der Waals surface area contributed by atoms with Crippen LogP contribution < -0.4 is 4.90 Å². The van der Waals surface area contributed by atoms with Gasteiger partial charge in [0.25, 0.3) is 0 Å². The monoisotopic (exact) mass is 243 g/mol. The van der Waals surface area contributed by atoms with Crippen molar-refractivity contribution in [2.75, 3.05) is 4.90 Å². The van der Waals surface area contributed by atoms with Crippen LogP contribution in [-0.4, -0.2) is 17.9 Å². The van der Waals surface area contributed by atoms with Crippen LogP contribution in [0.2, 0.25) is 0 Å². The molecule has 2 heterocycles. The molecule has 0 aliphatic carbocycles. The zero-order chi connectivity index (χ0) is 12.5. The van der Waals surface area contributed by atoms with Crippen molar-refractivity contribution in [2.45, 2.75) is 57.5 Å². The van der Waals surface area contributed by atoms with Crippen LogP contribution >= 0.6 is 0 Å². The maximum Gasteiger partial charge on any atom is 0.137 e. The molecule has 1 aromatic rings. The lowest BCUT2D eigenvalue weighted by Crippen LogP contribution is -2.43. The van der Waals surface area contributed by atoms with Gasteiger partial charge in [-0.15, -0.1) is 0 Å². The van der Waals surface area contributed by atoms with E-state index in [1.54, 1.807) is 0 Å². The second-order valence-electron chi connectivity index (χ2n) is 5.62. The molecule has 0 spiro atoms. The Bertz CT molecular complexity index is 438. The van der Waals surface area contributed by atoms with Crippen molar-refractivity contribution in [3.63, 3.8) is 0 Å². The molecule has 0 saturated carbocycles. The first kappa shape index (κ1) is 11.8. The number of Topliss-reactive ketones (excluding diaryl/α,β-unsaturated/α-hetero) is 1. The summed E-state index contributed by atoms with van der Waals surface area (Å²) in [7, 11) is 0. The van der Waals surface area contributed by atoms with Crippen molar-refractivity contribution >= 4 is 11.5 Å². The number of nitrogens with zero attached hydrogens (tertiary/aromatic N) is 1. The lowest BCUT2D eigenvalue weighted by atomic mass is 9.98. The Morgan fingerprint density at radius 2 is 1.83 bits per heavy atom. The molecule has 2 unspecified atom stereocenters. The summed E-state index contributed by atoms with van der Waals surface area (Å²) in [6.45, 7) is 2.23. The van der Waals surface area contributed by atoms with Gasteiger partial charge in [0, 0.05) is 30.6 Å². The smallest absolute Gasteiger partial charge is 0.137 e. The highest BCUT2D eigenvalue weighted by molar-refractivity contribution is 5.83. The fourth-order valence-corrected chi connectivity index (χ4v) is 3.61. The number of carbonyl (C=O) groups is 1. The van der Waals surface area contributed by atoms with Gasteiger partial charge in [0.15, 0.2) is 0 Å². The Morgan fingerprint density at radius 1 is 1.17 bits per heavy atom. The first-order valence-electron chi connectivity index (χ1n) is 7.17. The van der Waals surface area contributed by atoms with Crippen LogP contribution in [0.15, 0.2) is 24.3 Å². The van der Waals surface area contributed by atoms with Gasteiger partial charge in [-0.3, -0.25) is 4.79 Å². The van der Waals surface area contributed by atoms with Crippen LogP contribution in [0.3, 0.4) is 0 Å². The second-order valence-corrected chi connectivity index (χ2v) is 5.62. The van der Waals surface area contributed by atoms with E-state index in [0.29, 0.717) is 17.9 Å². The molecule has 96 valence electrons. The normalized spacial score (nSPS) is 26.7. The average Bonchev–Trinajstić information content (AvgIpc) is 2.63. The van der Waals surface area contributed by atoms with Gasteiger partial charge in [0.2, 0.25) is 0 Å². The molecule has 0 N–H and O–H groups in total. The fraction of sp³-hybridized carbons (Fsp3) is 0.562. The van der Waals surface area contributed by atoms with Crippen molar-refractivity contribution in [1.82, 2.24) is 0 Å². The van der Waals surface area contributed by atoms with Gasteiger partial charge >= 0.3 is 0 Å². The van der Waals surface area contributed by atoms with Gasteiger partial charge in [-0.2, -0.15) is 0 Å². The molecule has 2 heteroatoms. The van der Waals surface area contributed by atoms with Crippen LogP contribution in [0.25, 0.3) is 0 Å². The molecule has 0 radical (unpaired) electrons. The number of rotatable bonds is 3. The fourth-order valence-electron chi connectivity index (χ4n) is 3.61. The standard InChI is InChI=1S/C16H21NO/c1-2-5-12-6-3-4-7-16(12)17-13-8-9-14(17)11-15(18)10-13/h3-4,6-7,13-14H,2,5,8-11H2,1H3. The number of piperidine rings is 1. The Morgan fingerprint density at radius 3 is 2.50 bits per heavy atom. The van der Waals surface area contributed by atoms with Gasteiger partial charge in [0.05, 0.1) is 0 Å². The molecule has 2 atom stereocenters. The Hall–Kier alpha value is -1.31. The number of anilines is 1. The van der Waals surface area contributed by atoms with Crippen molar-refractivity contribution < 1.29 is 4.79 Å². The van der Waals surface area contributed by atoms with E-state index in [9.17, 15) is 4.79 Å². The quantitative estimate of drug-likeness (QED) is 0.811. The summed E-state index contributed by atoms with van der Waals surface area (Å²) in [6.07, 6.45) is 6.22. The lowest BCUT2D eigenvalue weighted by Gasteiger charge is -2.37. The van der Waals surface area contributed by atoms with Crippen molar-refractivity contribution in [1.29, 1.82) is 0 Å². The second kappa shape index (κ2) is 4.75. The first-order valence-corrected chi connectivity index (χ1v) is 7.17. The van der Waals surface area contributed by atoms with E-state index in [-0.39, 0.29) is 0 Å². The van der Waals surface area contributed by atoms with Crippen LogP contribution in [0.5, 0.6) is 0 Å². The van der Waals surface area contributed by atoms with Crippen LogP contribution in [-0.2, 0) is 11.2 Å². The summed E-state index contributed by atoms with van der Waals surface area (Å²) >= 11 is 0. The molecule has 2 nitrogen and oxygen atoms in total. The van der Waals surface area contributed by atoms with Crippen LogP contribution in [0, 0.1) is 0 Å². The zero-order valence-electron chi connectivity index (χ0n) is 11.1. The molecular formula is C16H21NO. The summed E-state index contributed by atoms with van der Waals surface area (Å²) in [5.74, 6) is 0.465. The third kappa shape index (κ3) is 1.94. The van der Waals surface area contributed by atoms with Crippen LogP contribution in [0.1, 0.15) is 44.6 Å². The van der Waals surface area contributed by atoms with E-state index in [2.05, 4.69) is 36.1 Å². The lowest BCUT2D eigenvalue weighted by molar-refractivity contribution is -0.120. The number of fused-ring (bicyclic) bond motifs is 2. The molecular weight excluding hydrogens is 222 g/mol. The zero-order valence-corrected chi connectivity index (χ0v) is 11.1. The minimum atomic E-state index is 0.465. The number of ketones is 1. The van der Waals surface area contributed by atoms with Crippen molar-refractivity contribution in [3.05, 3.63) is 29.8 Å². The third-order valence-electron chi connectivity index (χ3n) is 4.34. The van der Waals surface area contributed by atoms with Crippen molar-refractivity contribution in [3.8, 4) is 0 Å². The van der Waals surface area contributed by atoms with E-state index in [1.165, 1.54) is 30.5 Å². The minimum Gasteiger partial charge on any atom is -0.364 e. The topological polar surface area (TPSA) is 20.3 Å². The summed E-state index contributed by atoms with van der Waals surface area (Å²) in [5.41, 5.74) is 2.84. The van der Waals surface area contributed by atoms with Gasteiger partial charge in [0.1, 0.15) is 5.78 Å². The number of benzene rings is 1. The third-order valence-corrected chi connectivity index (χ3v) is 4.34. The highest BCUT2D eigenvalue weighted by Crippen LogP contribution is 2.39. The predicted octanol–water partition coefficient (Wildman–Crippen LogP) is 3.34. The number of para-hydroxylation sites is 1. The molecule has 1 aromatic carbocycles. The summed E-state index contributed by atoms with van der Waals surface area (Å²) < 4.78 is 0. The Labute approximate surface area is 109 Å².